The van der Waals surface area contributed by atoms with Crippen LogP contribution in [-0.2, 0) is 9.59 Å². The molecule has 1 N–H and O–H groups in total. The maximum absolute atomic E-state index is 12.5. The van der Waals surface area contributed by atoms with E-state index in [1.54, 1.807) is 6.07 Å². The number of benzene rings is 2. The molecule has 2 aromatic rings. The molecule has 0 bridgehead atoms. The number of halogens is 1. The molecule has 0 radical (unpaired) electrons. The van der Waals surface area contributed by atoms with E-state index >= 15 is 0 Å². The Bertz CT molecular complexity index is 1020. The molecule has 6 nitrogen and oxygen atoms in total. The maximum atomic E-state index is 12.5. The number of nitrogens with zero attached hydrogens (tertiary/aromatic N) is 2. The van der Waals surface area contributed by atoms with Crippen LogP contribution in [0.3, 0.4) is 0 Å². The number of nitrogens with one attached hydrogen (secondary N) is 1. The summed E-state index contributed by atoms with van der Waals surface area (Å²) >= 11 is 6.66. The highest BCUT2D eigenvalue weighted by Gasteiger charge is 2.35. The number of imide groups is 1. The Balaban J connectivity index is 1.65. The fourth-order valence-electron chi connectivity index (χ4n) is 4.26. The topological polar surface area (TPSA) is 69.7 Å². The van der Waals surface area contributed by atoms with Crippen molar-refractivity contribution in [3.8, 4) is 11.1 Å². The zero-order chi connectivity index (χ0) is 21.5. The first-order valence-corrected chi connectivity index (χ1v) is 10.5. The summed E-state index contributed by atoms with van der Waals surface area (Å²) in [5.41, 5.74) is 2.90. The molecule has 2 fully saturated rings. The summed E-state index contributed by atoms with van der Waals surface area (Å²) in [6.45, 7) is 4.47. The van der Waals surface area contributed by atoms with Crippen molar-refractivity contribution in [2.24, 2.45) is 0 Å². The van der Waals surface area contributed by atoms with Crippen molar-refractivity contribution in [2.75, 3.05) is 16.3 Å². The van der Waals surface area contributed by atoms with E-state index in [9.17, 15) is 14.4 Å². The smallest absolute Gasteiger partial charge is 0.307 e. The number of rotatable bonds is 3. The first kappa shape index (κ1) is 20.4. The lowest BCUT2D eigenvalue weighted by Gasteiger charge is -2.42. The Kier molecular flexibility index (Phi) is 5.28. The van der Waals surface area contributed by atoms with E-state index in [0.29, 0.717) is 23.7 Å². The Labute approximate surface area is 180 Å². The minimum Gasteiger partial charge on any atom is -0.307 e. The molecule has 2 saturated heterocycles. The van der Waals surface area contributed by atoms with Crippen molar-refractivity contribution in [3.63, 3.8) is 0 Å². The van der Waals surface area contributed by atoms with E-state index in [-0.39, 0.29) is 23.8 Å². The number of anilines is 2. The molecule has 4 amide bonds. The summed E-state index contributed by atoms with van der Waals surface area (Å²) in [6, 6.07) is 12.8. The number of carbonyl (C=O) groups is 3. The molecular formula is C23H24ClN3O3. The van der Waals surface area contributed by atoms with Gasteiger partial charge in [-0.15, -0.1) is 0 Å². The zero-order valence-electron chi connectivity index (χ0n) is 17.1. The normalized spacial score (nSPS) is 19.1. The van der Waals surface area contributed by atoms with Gasteiger partial charge in [0, 0.05) is 36.2 Å². The van der Waals surface area contributed by atoms with Crippen molar-refractivity contribution in [3.05, 3.63) is 47.5 Å². The SMILES string of the molecule is CC1(C)CCCC(=O)N1c1ccc(-c2cccc(N3CCC(=O)NC3=O)c2Cl)cc1. The van der Waals surface area contributed by atoms with Crippen LogP contribution in [0.5, 0.6) is 0 Å². The molecule has 156 valence electrons. The molecular weight excluding hydrogens is 402 g/mol. The zero-order valence-corrected chi connectivity index (χ0v) is 17.8. The largest absolute Gasteiger partial charge is 0.328 e. The first-order valence-electron chi connectivity index (χ1n) is 10.1. The number of piperidine rings is 1. The van der Waals surface area contributed by atoms with Crippen LogP contribution in [0.2, 0.25) is 5.02 Å². The fraction of sp³-hybridized carbons (Fsp3) is 0.348. The van der Waals surface area contributed by atoms with Crippen molar-refractivity contribution >= 4 is 40.8 Å². The van der Waals surface area contributed by atoms with Gasteiger partial charge in [-0.05, 0) is 50.5 Å². The van der Waals surface area contributed by atoms with Crippen LogP contribution in [0.25, 0.3) is 11.1 Å². The summed E-state index contributed by atoms with van der Waals surface area (Å²) in [6.07, 6.45) is 2.69. The standard InChI is InChI=1S/C23H24ClN3O3/c1-23(2)13-4-7-20(29)27(23)16-10-8-15(9-11-16)17-5-3-6-18(21(17)24)26-14-12-19(28)25-22(26)30/h3,5-6,8-11H,4,7,12-14H2,1-2H3,(H,25,28,30). The summed E-state index contributed by atoms with van der Waals surface area (Å²) in [5, 5.41) is 2.77. The van der Waals surface area contributed by atoms with Gasteiger partial charge in [0.2, 0.25) is 11.8 Å². The average Bonchev–Trinajstić information content (AvgIpc) is 2.69. The second-order valence-electron chi connectivity index (χ2n) is 8.34. The molecule has 0 aromatic heterocycles. The van der Waals surface area contributed by atoms with Crippen molar-refractivity contribution in [2.45, 2.75) is 45.1 Å². The molecule has 2 aromatic carbocycles. The Hall–Kier alpha value is -2.86. The molecule has 30 heavy (non-hydrogen) atoms. The average molecular weight is 426 g/mol. The van der Waals surface area contributed by atoms with Gasteiger partial charge in [0.15, 0.2) is 0 Å². The summed E-state index contributed by atoms with van der Waals surface area (Å²) in [5.74, 6) is -0.140. The Morgan fingerprint density at radius 1 is 1.00 bits per heavy atom. The summed E-state index contributed by atoms with van der Waals surface area (Å²) in [7, 11) is 0. The number of amides is 4. The van der Waals surface area contributed by atoms with Gasteiger partial charge >= 0.3 is 6.03 Å². The highest BCUT2D eigenvalue weighted by atomic mass is 35.5. The number of carbonyl (C=O) groups excluding carboxylic acids is 3. The van der Waals surface area contributed by atoms with Gasteiger partial charge in [0.25, 0.3) is 0 Å². The van der Waals surface area contributed by atoms with E-state index in [1.807, 2.05) is 41.3 Å². The third-order valence-electron chi connectivity index (χ3n) is 5.79. The van der Waals surface area contributed by atoms with Crippen LogP contribution >= 0.6 is 11.6 Å². The fourth-order valence-corrected chi connectivity index (χ4v) is 4.60. The molecule has 0 atom stereocenters. The lowest BCUT2D eigenvalue weighted by Crippen LogP contribution is -2.51. The van der Waals surface area contributed by atoms with Gasteiger partial charge in [0.1, 0.15) is 0 Å². The number of hydrogen-bond acceptors (Lipinski definition) is 3. The van der Waals surface area contributed by atoms with Crippen LogP contribution < -0.4 is 15.1 Å². The van der Waals surface area contributed by atoms with Gasteiger partial charge < -0.3 is 4.90 Å². The van der Waals surface area contributed by atoms with Crippen LogP contribution in [0, 0.1) is 0 Å². The number of hydrogen-bond donors (Lipinski definition) is 1. The lowest BCUT2D eigenvalue weighted by molar-refractivity contribution is -0.121. The van der Waals surface area contributed by atoms with E-state index in [2.05, 4.69) is 19.2 Å². The van der Waals surface area contributed by atoms with Crippen LogP contribution in [-0.4, -0.2) is 29.9 Å². The second kappa shape index (κ2) is 7.76. The molecule has 2 aliphatic rings. The summed E-state index contributed by atoms with van der Waals surface area (Å²) < 4.78 is 0. The predicted molar refractivity (Wildman–Crippen MR) is 118 cm³/mol. The van der Waals surface area contributed by atoms with Gasteiger partial charge in [-0.25, -0.2) is 4.79 Å². The molecule has 4 rings (SSSR count). The van der Waals surface area contributed by atoms with Crippen molar-refractivity contribution in [1.29, 1.82) is 0 Å². The van der Waals surface area contributed by atoms with E-state index < -0.39 is 6.03 Å². The van der Waals surface area contributed by atoms with Gasteiger partial charge in [-0.2, -0.15) is 0 Å². The van der Waals surface area contributed by atoms with Crippen LogP contribution in [0.1, 0.15) is 39.5 Å². The monoisotopic (exact) mass is 425 g/mol. The lowest BCUT2D eigenvalue weighted by atomic mass is 9.89. The molecule has 2 heterocycles. The second-order valence-corrected chi connectivity index (χ2v) is 8.71. The molecule has 0 unspecified atom stereocenters. The molecule has 0 aliphatic carbocycles. The van der Waals surface area contributed by atoms with Crippen LogP contribution in [0.15, 0.2) is 42.5 Å². The van der Waals surface area contributed by atoms with Gasteiger partial charge in [0.05, 0.1) is 10.7 Å². The van der Waals surface area contributed by atoms with Gasteiger partial charge in [-0.1, -0.05) is 35.9 Å². The third-order valence-corrected chi connectivity index (χ3v) is 6.19. The molecule has 0 spiro atoms. The van der Waals surface area contributed by atoms with Crippen molar-refractivity contribution < 1.29 is 14.4 Å². The summed E-state index contributed by atoms with van der Waals surface area (Å²) in [4.78, 5) is 39.5. The highest BCUT2D eigenvalue weighted by molar-refractivity contribution is 6.36. The first-order chi connectivity index (χ1) is 14.3. The molecule has 7 heteroatoms. The number of urea groups is 1. The van der Waals surface area contributed by atoms with E-state index in [4.69, 9.17) is 11.6 Å². The quantitative estimate of drug-likeness (QED) is 0.771. The maximum Gasteiger partial charge on any atom is 0.328 e. The van der Waals surface area contributed by atoms with E-state index in [0.717, 1.165) is 29.7 Å². The van der Waals surface area contributed by atoms with Crippen LogP contribution in [0.4, 0.5) is 16.2 Å². The molecule has 2 aliphatic heterocycles. The highest BCUT2D eigenvalue weighted by Crippen LogP contribution is 2.38. The van der Waals surface area contributed by atoms with Gasteiger partial charge in [-0.3, -0.25) is 19.8 Å². The van der Waals surface area contributed by atoms with E-state index in [1.165, 1.54) is 4.90 Å². The predicted octanol–water partition coefficient (Wildman–Crippen LogP) is 4.75. The molecule has 0 saturated carbocycles. The minimum absolute atomic E-state index is 0.143. The van der Waals surface area contributed by atoms with Crippen molar-refractivity contribution in [1.82, 2.24) is 5.32 Å². The minimum atomic E-state index is -0.466. The Morgan fingerprint density at radius 3 is 2.40 bits per heavy atom. The Morgan fingerprint density at radius 2 is 1.73 bits per heavy atom. The third kappa shape index (κ3) is 3.67.